The van der Waals surface area contributed by atoms with Crippen molar-refractivity contribution in [3.8, 4) is 0 Å². The fraction of sp³-hybridized carbons (Fsp3) is 1.00. The lowest BCUT2D eigenvalue weighted by Crippen LogP contribution is -2.29. The summed E-state index contributed by atoms with van der Waals surface area (Å²) >= 11 is 0. The number of hydrogen-bond donors (Lipinski definition) is 0. The van der Waals surface area contributed by atoms with Crippen LogP contribution in [0.1, 0.15) is 47.5 Å². The highest BCUT2D eigenvalue weighted by Gasteiger charge is 2.45. The average molecular weight is 189 g/mol. The highest BCUT2D eigenvalue weighted by Crippen LogP contribution is 2.67. The molecule has 0 atom stereocenters. The van der Waals surface area contributed by atoms with Gasteiger partial charge in [-0.15, -0.1) is 0 Å². The first-order valence-electron chi connectivity index (χ1n) is 5.34. The Kier molecular flexibility index (Phi) is 4.77. The minimum Gasteiger partial charge on any atom is -0.0614 e. The Morgan fingerprint density at radius 2 is 1.25 bits per heavy atom. The Bertz CT molecular complexity index is 105. The van der Waals surface area contributed by atoms with Gasteiger partial charge in [0.25, 0.3) is 0 Å². The van der Waals surface area contributed by atoms with Crippen LogP contribution >= 0.6 is 7.26 Å². The molecule has 0 saturated heterocycles. The van der Waals surface area contributed by atoms with E-state index in [0.29, 0.717) is 5.16 Å². The third-order valence-electron chi connectivity index (χ3n) is 4.22. The van der Waals surface area contributed by atoms with Gasteiger partial charge in [0.2, 0.25) is 0 Å². The maximum atomic E-state index is 2.56. The summed E-state index contributed by atoms with van der Waals surface area (Å²) in [5, 5.41) is 0.649. The maximum absolute atomic E-state index is 2.56. The molecule has 0 amide bonds. The van der Waals surface area contributed by atoms with E-state index < -0.39 is 7.26 Å². The van der Waals surface area contributed by atoms with Crippen molar-refractivity contribution in [2.75, 3.05) is 19.0 Å². The van der Waals surface area contributed by atoms with Crippen molar-refractivity contribution in [2.45, 2.75) is 52.6 Å². The molecule has 1 heteroatoms. The van der Waals surface area contributed by atoms with Crippen LogP contribution in [0, 0.1) is 0 Å². The van der Waals surface area contributed by atoms with E-state index in [9.17, 15) is 0 Å². The molecule has 0 spiro atoms. The van der Waals surface area contributed by atoms with Crippen LogP contribution in [0.2, 0.25) is 0 Å². The van der Waals surface area contributed by atoms with Crippen LogP contribution in [0.3, 0.4) is 0 Å². The summed E-state index contributed by atoms with van der Waals surface area (Å²) in [4.78, 5) is 0. The first-order chi connectivity index (χ1) is 5.49. The lowest BCUT2D eigenvalue weighted by atomic mass is 10.1. The second kappa shape index (κ2) is 4.61. The third kappa shape index (κ3) is 2.02. The molecule has 0 N–H and O–H groups in total. The molecule has 0 fully saturated rings. The van der Waals surface area contributed by atoms with E-state index in [-0.39, 0.29) is 0 Å². The molecule has 0 aliphatic heterocycles. The van der Waals surface area contributed by atoms with E-state index in [0.717, 1.165) is 0 Å². The molecule has 0 rings (SSSR count). The quantitative estimate of drug-likeness (QED) is 0.567. The van der Waals surface area contributed by atoms with Crippen molar-refractivity contribution in [1.82, 2.24) is 0 Å². The molecule has 0 radical (unpaired) electrons. The predicted molar refractivity (Wildman–Crippen MR) is 62.9 cm³/mol. The van der Waals surface area contributed by atoms with E-state index in [1.54, 1.807) is 0 Å². The zero-order valence-corrected chi connectivity index (χ0v) is 10.7. The lowest BCUT2D eigenvalue weighted by molar-refractivity contribution is 0.578. The van der Waals surface area contributed by atoms with Crippen molar-refractivity contribution >= 4 is 7.26 Å². The van der Waals surface area contributed by atoms with E-state index in [1.807, 2.05) is 0 Å². The first-order valence-corrected chi connectivity index (χ1v) is 7.95. The van der Waals surface area contributed by atoms with Gasteiger partial charge in [-0.2, -0.15) is 0 Å². The van der Waals surface area contributed by atoms with Gasteiger partial charge in [-0.05, 0) is 33.6 Å². The Morgan fingerprint density at radius 1 is 0.917 bits per heavy atom. The van der Waals surface area contributed by atoms with Crippen LogP contribution in [0.5, 0.6) is 0 Å². The minimum atomic E-state index is -0.653. The Morgan fingerprint density at radius 3 is 1.33 bits per heavy atom. The van der Waals surface area contributed by atoms with Gasteiger partial charge in [-0.1, -0.05) is 13.8 Å². The number of rotatable bonds is 5. The molecule has 12 heavy (non-hydrogen) atoms. The Balaban J connectivity index is 4.66. The highest BCUT2D eigenvalue weighted by atomic mass is 31.2. The van der Waals surface area contributed by atoms with Gasteiger partial charge in [0.05, 0.1) is 17.5 Å². The van der Waals surface area contributed by atoms with Crippen LogP contribution in [0.15, 0.2) is 0 Å². The van der Waals surface area contributed by atoms with Gasteiger partial charge < -0.3 is 0 Å². The van der Waals surface area contributed by atoms with E-state index in [4.69, 9.17) is 0 Å². The van der Waals surface area contributed by atoms with Gasteiger partial charge >= 0.3 is 0 Å². The van der Waals surface area contributed by atoms with E-state index in [1.165, 1.54) is 25.2 Å². The normalized spacial score (nSPS) is 13.5. The SMILES string of the molecule is CCC(C)(CC)[P+](C)(CC)CC. The smallest absolute Gasteiger partial charge is 0.0614 e. The predicted octanol–water partition coefficient (Wildman–Crippen LogP) is 4.25. The van der Waals surface area contributed by atoms with E-state index >= 15 is 0 Å². The van der Waals surface area contributed by atoms with Crippen LogP contribution in [-0.2, 0) is 0 Å². The van der Waals surface area contributed by atoms with Crippen LogP contribution in [-0.4, -0.2) is 24.1 Å². The molecule has 0 saturated carbocycles. The molecular formula is C11H26P+. The summed E-state index contributed by atoms with van der Waals surface area (Å²) in [5.74, 6) is 0. The largest absolute Gasteiger partial charge is 0.0763 e. The Labute approximate surface area is 79.5 Å². The van der Waals surface area contributed by atoms with Gasteiger partial charge in [0.1, 0.15) is 0 Å². The first kappa shape index (κ1) is 12.4. The molecule has 0 aromatic rings. The summed E-state index contributed by atoms with van der Waals surface area (Å²) in [5.41, 5.74) is 0. The van der Waals surface area contributed by atoms with Gasteiger partial charge in [-0.3, -0.25) is 0 Å². The molecule has 0 nitrogen and oxygen atoms in total. The molecule has 0 aromatic heterocycles. The van der Waals surface area contributed by atoms with Gasteiger partial charge in [-0.25, -0.2) is 0 Å². The summed E-state index contributed by atoms with van der Waals surface area (Å²) in [6, 6.07) is 0. The van der Waals surface area contributed by atoms with Crippen LogP contribution < -0.4 is 0 Å². The standard InChI is InChI=1S/C11H26P/c1-7-11(5,8-2)12(6,9-3)10-4/h7-10H2,1-6H3/q+1. The lowest BCUT2D eigenvalue weighted by Gasteiger charge is -2.38. The molecule has 0 unspecified atom stereocenters. The summed E-state index contributed by atoms with van der Waals surface area (Å²) in [7, 11) is -0.653. The fourth-order valence-corrected chi connectivity index (χ4v) is 5.50. The van der Waals surface area contributed by atoms with Gasteiger partial charge in [0.15, 0.2) is 0 Å². The third-order valence-corrected chi connectivity index (χ3v) is 10.3. The van der Waals surface area contributed by atoms with Crippen molar-refractivity contribution in [2.24, 2.45) is 0 Å². The maximum Gasteiger partial charge on any atom is 0.0763 e. The van der Waals surface area contributed by atoms with Crippen LogP contribution in [0.4, 0.5) is 0 Å². The second-order valence-electron chi connectivity index (χ2n) is 4.23. The molecule has 0 bridgehead atoms. The van der Waals surface area contributed by atoms with Crippen molar-refractivity contribution < 1.29 is 0 Å². The van der Waals surface area contributed by atoms with Gasteiger partial charge in [0, 0.05) is 13.9 Å². The minimum absolute atomic E-state index is 0.649. The zero-order valence-electron chi connectivity index (χ0n) is 9.78. The molecule has 74 valence electrons. The topological polar surface area (TPSA) is 0 Å². The van der Waals surface area contributed by atoms with Crippen molar-refractivity contribution in [3.05, 3.63) is 0 Å². The van der Waals surface area contributed by atoms with Crippen molar-refractivity contribution in [1.29, 1.82) is 0 Å². The number of hydrogen-bond acceptors (Lipinski definition) is 0. The summed E-state index contributed by atoms with van der Waals surface area (Å²) in [6.07, 6.45) is 5.55. The average Bonchev–Trinajstić information content (AvgIpc) is 2.15. The molecule has 0 aromatic carbocycles. The molecule has 0 heterocycles. The van der Waals surface area contributed by atoms with Crippen molar-refractivity contribution in [3.63, 3.8) is 0 Å². The second-order valence-corrected chi connectivity index (χ2v) is 9.37. The molecule has 0 aliphatic carbocycles. The molecule has 0 aliphatic rings. The van der Waals surface area contributed by atoms with E-state index in [2.05, 4.69) is 41.3 Å². The Hall–Kier alpha value is 0.430. The fourth-order valence-electron chi connectivity index (χ4n) is 2.00. The highest BCUT2D eigenvalue weighted by molar-refractivity contribution is 7.76. The summed E-state index contributed by atoms with van der Waals surface area (Å²) in [6.45, 7) is 14.5. The monoisotopic (exact) mass is 189 g/mol. The van der Waals surface area contributed by atoms with Crippen LogP contribution in [0.25, 0.3) is 0 Å². The molecular weight excluding hydrogens is 163 g/mol. The summed E-state index contributed by atoms with van der Waals surface area (Å²) < 4.78 is 0. The zero-order chi connectivity index (χ0) is 9.83.